The second-order valence-corrected chi connectivity index (χ2v) is 5.76. The Morgan fingerprint density at radius 3 is 2.88 bits per heavy atom. The van der Waals surface area contributed by atoms with Crippen LogP contribution in [0.1, 0.15) is 12.0 Å². The zero-order chi connectivity index (χ0) is 17.6. The van der Waals surface area contributed by atoms with Gasteiger partial charge in [0, 0.05) is 38.2 Å². The fourth-order valence-corrected chi connectivity index (χ4v) is 2.49. The molecule has 0 atom stereocenters. The van der Waals surface area contributed by atoms with Crippen LogP contribution in [0.15, 0.2) is 43.2 Å². The average Bonchev–Trinajstić information content (AvgIpc) is 3.28. The van der Waals surface area contributed by atoms with Gasteiger partial charge in [0.25, 0.3) is 0 Å². The monoisotopic (exact) mass is 340 g/mol. The lowest BCUT2D eigenvalue weighted by molar-refractivity contribution is 0.221. The third-order valence-corrected chi connectivity index (χ3v) is 3.86. The predicted octanol–water partition coefficient (Wildman–Crippen LogP) is 1.72. The Hall–Kier alpha value is -3.23. The van der Waals surface area contributed by atoms with Crippen molar-refractivity contribution in [2.24, 2.45) is 0 Å². The van der Waals surface area contributed by atoms with Crippen LogP contribution in [0.25, 0.3) is 5.69 Å². The molecule has 0 unspecified atom stereocenters. The van der Waals surface area contributed by atoms with E-state index in [0.717, 1.165) is 29.9 Å². The third-order valence-electron chi connectivity index (χ3n) is 3.86. The van der Waals surface area contributed by atoms with E-state index in [0.29, 0.717) is 6.54 Å². The van der Waals surface area contributed by atoms with Gasteiger partial charge >= 0.3 is 6.03 Å². The maximum atomic E-state index is 12.3. The molecule has 0 radical (unpaired) electrons. The van der Waals surface area contributed by atoms with Gasteiger partial charge in [-0.05, 0) is 47.5 Å². The highest BCUT2D eigenvalue weighted by Crippen LogP contribution is 2.18. The standard InChI is InChI=1S/C16H20N8O/c1-13-10-14(4-5-15(13)24-12-18-20-21-24)19-16(25)22(2)7-3-8-23-9-6-17-11-23/h4-6,9-12H,3,7-8H2,1-2H3,(H,19,25). The van der Waals surface area contributed by atoms with Crippen LogP contribution < -0.4 is 5.32 Å². The number of hydrogen-bond acceptors (Lipinski definition) is 5. The van der Waals surface area contributed by atoms with Crippen LogP contribution in [0.4, 0.5) is 10.5 Å². The van der Waals surface area contributed by atoms with Crippen LogP contribution in [-0.2, 0) is 6.54 Å². The lowest BCUT2D eigenvalue weighted by atomic mass is 10.2. The van der Waals surface area contributed by atoms with Crippen molar-refractivity contribution in [3.8, 4) is 5.69 Å². The highest BCUT2D eigenvalue weighted by molar-refractivity contribution is 5.89. The molecule has 0 fully saturated rings. The molecule has 3 aromatic rings. The molecule has 0 aliphatic heterocycles. The lowest BCUT2D eigenvalue weighted by Gasteiger charge is -2.18. The van der Waals surface area contributed by atoms with Gasteiger partial charge in [-0.1, -0.05) is 0 Å². The number of nitrogens with zero attached hydrogens (tertiary/aromatic N) is 7. The first-order valence-electron chi connectivity index (χ1n) is 7.95. The summed E-state index contributed by atoms with van der Waals surface area (Å²) >= 11 is 0. The van der Waals surface area contributed by atoms with E-state index in [4.69, 9.17) is 0 Å². The number of aromatic nitrogens is 6. The fourth-order valence-electron chi connectivity index (χ4n) is 2.49. The summed E-state index contributed by atoms with van der Waals surface area (Å²) in [6.45, 7) is 3.44. The molecule has 0 bridgehead atoms. The molecule has 0 spiro atoms. The Labute approximate surface area is 145 Å². The van der Waals surface area contributed by atoms with E-state index in [2.05, 4.69) is 25.8 Å². The summed E-state index contributed by atoms with van der Waals surface area (Å²) in [5.74, 6) is 0. The van der Waals surface area contributed by atoms with Gasteiger partial charge < -0.3 is 14.8 Å². The van der Waals surface area contributed by atoms with E-state index < -0.39 is 0 Å². The van der Waals surface area contributed by atoms with E-state index in [1.54, 1.807) is 29.2 Å². The number of urea groups is 1. The zero-order valence-electron chi connectivity index (χ0n) is 14.2. The molecule has 0 saturated carbocycles. The summed E-state index contributed by atoms with van der Waals surface area (Å²) in [7, 11) is 1.78. The number of tetrazole rings is 1. The third kappa shape index (κ3) is 4.19. The number of nitrogens with one attached hydrogen (secondary N) is 1. The van der Waals surface area contributed by atoms with Crippen LogP contribution in [0.2, 0.25) is 0 Å². The molecular weight excluding hydrogens is 320 g/mol. The summed E-state index contributed by atoms with van der Waals surface area (Å²) in [5, 5.41) is 14.0. The Morgan fingerprint density at radius 1 is 1.32 bits per heavy atom. The number of anilines is 1. The molecule has 1 N–H and O–H groups in total. The molecular formula is C16H20N8O. The van der Waals surface area contributed by atoms with Gasteiger partial charge in [-0.25, -0.2) is 14.5 Å². The van der Waals surface area contributed by atoms with Crippen LogP contribution in [0.3, 0.4) is 0 Å². The molecule has 0 aliphatic carbocycles. The molecule has 0 saturated heterocycles. The van der Waals surface area contributed by atoms with Crippen molar-refractivity contribution >= 4 is 11.7 Å². The number of amides is 2. The Balaban J connectivity index is 1.54. The first-order valence-corrected chi connectivity index (χ1v) is 7.95. The highest BCUT2D eigenvalue weighted by Gasteiger charge is 2.10. The second-order valence-electron chi connectivity index (χ2n) is 5.76. The molecule has 9 heteroatoms. The van der Waals surface area contributed by atoms with Crippen molar-refractivity contribution in [3.05, 3.63) is 48.8 Å². The first kappa shape index (κ1) is 16.6. The Morgan fingerprint density at radius 2 is 2.20 bits per heavy atom. The SMILES string of the molecule is Cc1cc(NC(=O)N(C)CCCn2ccnc2)ccc1-n1cnnn1. The van der Waals surface area contributed by atoms with E-state index in [-0.39, 0.29) is 6.03 Å². The van der Waals surface area contributed by atoms with Gasteiger partial charge in [0.1, 0.15) is 6.33 Å². The molecule has 25 heavy (non-hydrogen) atoms. The summed E-state index contributed by atoms with van der Waals surface area (Å²) < 4.78 is 3.58. The van der Waals surface area contributed by atoms with Crippen molar-refractivity contribution in [3.63, 3.8) is 0 Å². The number of rotatable bonds is 6. The summed E-state index contributed by atoms with van der Waals surface area (Å²) in [6, 6.07) is 5.47. The lowest BCUT2D eigenvalue weighted by Crippen LogP contribution is -2.32. The molecule has 1 aromatic carbocycles. The van der Waals surface area contributed by atoms with E-state index in [9.17, 15) is 4.79 Å². The number of hydrogen-bond donors (Lipinski definition) is 1. The largest absolute Gasteiger partial charge is 0.337 e. The van der Waals surface area contributed by atoms with Crippen LogP contribution >= 0.6 is 0 Å². The topological polar surface area (TPSA) is 93.8 Å². The van der Waals surface area contributed by atoms with E-state index in [1.165, 1.54) is 6.33 Å². The van der Waals surface area contributed by atoms with Crippen molar-refractivity contribution in [1.82, 2.24) is 34.7 Å². The maximum Gasteiger partial charge on any atom is 0.321 e. The number of carbonyl (C=O) groups is 1. The zero-order valence-corrected chi connectivity index (χ0v) is 14.2. The second kappa shape index (κ2) is 7.56. The Kier molecular flexibility index (Phi) is 5.03. The molecule has 9 nitrogen and oxygen atoms in total. The van der Waals surface area contributed by atoms with Gasteiger partial charge in [-0.3, -0.25) is 0 Å². The molecule has 3 rings (SSSR count). The number of imidazole rings is 1. The maximum absolute atomic E-state index is 12.3. The van der Waals surface area contributed by atoms with Crippen LogP contribution in [-0.4, -0.2) is 54.3 Å². The molecule has 2 heterocycles. The molecule has 130 valence electrons. The van der Waals surface area contributed by atoms with Crippen LogP contribution in [0, 0.1) is 6.92 Å². The van der Waals surface area contributed by atoms with Crippen molar-refractivity contribution in [2.75, 3.05) is 18.9 Å². The molecule has 2 amide bonds. The highest BCUT2D eigenvalue weighted by atomic mass is 16.2. The predicted molar refractivity (Wildman–Crippen MR) is 92.4 cm³/mol. The van der Waals surface area contributed by atoms with Gasteiger partial charge in [-0.15, -0.1) is 5.10 Å². The van der Waals surface area contributed by atoms with Crippen LogP contribution in [0.5, 0.6) is 0 Å². The van der Waals surface area contributed by atoms with Crippen molar-refractivity contribution < 1.29 is 4.79 Å². The Bertz CT molecular complexity index is 813. The molecule has 2 aromatic heterocycles. The van der Waals surface area contributed by atoms with Gasteiger partial charge in [-0.2, -0.15) is 0 Å². The van der Waals surface area contributed by atoms with Crippen molar-refractivity contribution in [1.29, 1.82) is 0 Å². The number of carbonyl (C=O) groups excluding carboxylic acids is 1. The molecule has 0 aliphatic rings. The van der Waals surface area contributed by atoms with Gasteiger partial charge in [0.05, 0.1) is 12.0 Å². The minimum Gasteiger partial charge on any atom is -0.337 e. The van der Waals surface area contributed by atoms with E-state index >= 15 is 0 Å². The minimum absolute atomic E-state index is 0.139. The minimum atomic E-state index is -0.139. The first-order chi connectivity index (χ1) is 12.1. The average molecular weight is 340 g/mol. The summed E-state index contributed by atoms with van der Waals surface area (Å²) in [6.07, 6.45) is 7.83. The normalized spacial score (nSPS) is 10.6. The summed E-state index contributed by atoms with van der Waals surface area (Å²) in [4.78, 5) is 18.0. The quantitative estimate of drug-likeness (QED) is 0.737. The van der Waals surface area contributed by atoms with E-state index in [1.807, 2.05) is 35.9 Å². The number of benzene rings is 1. The van der Waals surface area contributed by atoms with Gasteiger partial charge in [0.15, 0.2) is 0 Å². The van der Waals surface area contributed by atoms with Crippen molar-refractivity contribution in [2.45, 2.75) is 19.9 Å². The smallest absolute Gasteiger partial charge is 0.321 e. The van der Waals surface area contributed by atoms with Gasteiger partial charge in [0.2, 0.25) is 0 Å². The number of aryl methyl sites for hydroxylation is 2. The fraction of sp³-hybridized carbons (Fsp3) is 0.312. The summed E-state index contributed by atoms with van der Waals surface area (Å²) in [5.41, 5.74) is 2.57.